The van der Waals surface area contributed by atoms with Gasteiger partial charge in [-0.3, -0.25) is 4.79 Å². The van der Waals surface area contributed by atoms with E-state index in [1.807, 2.05) is 30.1 Å². The van der Waals surface area contributed by atoms with Gasteiger partial charge in [0.25, 0.3) is 0 Å². The Balaban J connectivity index is 2.11. The van der Waals surface area contributed by atoms with E-state index in [4.69, 9.17) is 0 Å². The van der Waals surface area contributed by atoms with Crippen molar-refractivity contribution in [3.63, 3.8) is 0 Å². The van der Waals surface area contributed by atoms with Gasteiger partial charge >= 0.3 is 0 Å². The monoisotopic (exact) mass is 189 g/mol. The second kappa shape index (κ2) is 3.82. The van der Waals surface area contributed by atoms with Crippen LogP contribution in [0.5, 0.6) is 0 Å². The van der Waals surface area contributed by atoms with E-state index in [1.165, 1.54) is 5.56 Å². The highest BCUT2D eigenvalue weighted by atomic mass is 16.2. The quantitative estimate of drug-likeness (QED) is 0.662. The van der Waals surface area contributed by atoms with Gasteiger partial charge in [0.15, 0.2) is 0 Å². The molecule has 0 saturated carbocycles. The zero-order chi connectivity index (χ0) is 9.97. The molecular weight excluding hydrogens is 174 g/mol. The highest BCUT2D eigenvalue weighted by molar-refractivity contribution is 5.77. The highest BCUT2D eigenvalue weighted by Crippen LogP contribution is 2.27. The number of piperidine rings is 1. The van der Waals surface area contributed by atoms with Gasteiger partial charge < -0.3 is 4.90 Å². The largest absolute Gasteiger partial charge is 0.346 e. The smallest absolute Gasteiger partial charge is 0.222 e. The first-order valence-electron chi connectivity index (χ1n) is 5.06. The fourth-order valence-corrected chi connectivity index (χ4v) is 1.95. The van der Waals surface area contributed by atoms with Crippen LogP contribution in [-0.2, 0) is 4.79 Å². The Morgan fingerprint density at radius 3 is 2.64 bits per heavy atom. The molecule has 1 fully saturated rings. The summed E-state index contributed by atoms with van der Waals surface area (Å²) in [4.78, 5) is 13.3. The van der Waals surface area contributed by atoms with Crippen LogP contribution in [0.4, 0.5) is 0 Å². The Hall–Kier alpha value is -1.31. The molecule has 0 spiro atoms. The fourth-order valence-electron chi connectivity index (χ4n) is 1.95. The molecule has 2 nitrogen and oxygen atoms in total. The summed E-state index contributed by atoms with van der Waals surface area (Å²) in [5.74, 6) is 0.699. The average Bonchev–Trinajstić information content (AvgIpc) is 2.23. The third-order valence-electron chi connectivity index (χ3n) is 2.93. The molecule has 0 N–H and O–H groups in total. The molecule has 1 atom stereocenters. The first-order chi connectivity index (χ1) is 6.77. The molecule has 1 amide bonds. The summed E-state index contributed by atoms with van der Waals surface area (Å²) in [7, 11) is 1.88. The molecule has 1 aromatic rings. The first-order valence-corrected chi connectivity index (χ1v) is 5.06. The van der Waals surface area contributed by atoms with Crippen LogP contribution in [0.25, 0.3) is 0 Å². The number of amides is 1. The van der Waals surface area contributed by atoms with Gasteiger partial charge in [0, 0.05) is 20.0 Å². The predicted octanol–water partition coefficient (Wildman–Crippen LogP) is 2.02. The maximum atomic E-state index is 11.5. The number of benzene rings is 1. The van der Waals surface area contributed by atoms with Gasteiger partial charge in [-0.25, -0.2) is 0 Å². The van der Waals surface area contributed by atoms with Crippen LogP contribution in [-0.4, -0.2) is 24.4 Å². The normalized spacial score (nSPS) is 22.5. The molecule has 0 aliphatic carbocycles. The van der Waals surface area contributed by atoms with Gasteiger partial charge in [-0.1, -0.05) is 30.3 Å². The molecule has 74 valence electrons. The topological polar surface area (TPSA) is 20.3 Å². The Morgan fingerprint density at radius 1 is 1.29 bits per heavy atom. The summed E-state index contributed by atoms with van der Waals surface area (Å²) in [5, 5.41) is 0. The van der Waals surface area contributed by atoms with Gasteiger partial charge in [0.05, 0.1) is 0 Å². The molecule has 0 aromatic heterocycles. The number of carbonyl (C=O) groups is 1. The highest BCUT2D eigenvalue weighted by Gasteiger charge is 2.23. The van der Waals surface area contributed by atoms with E-state index < -0.39 is 0 Å². The Morgan fingerprint density at radius 2 is 2.00 bits per heavy atom. The molecule has 1 aromatic carbocycles. The zero-order valence-corrected chi connectivity index (χ0v) is 8.44. The molecule has 2 heteroatoms. The number of nitrogens with zero attached hydrogens (tertiary/aromatic N) is 1. The van der Waals surface area contributed by atoms with E-state index in [0.29, 0.717) is 12.3 Å². The molecule has 1 heterocycles. The Bertz CT molecular complexity index is 320. The summed E-state index contributed by atoms with van der Waals surface area (Å²) in [6.07, 6.45) is 1.76. The van der Waals surface area contributed by atoms with Crippen LogP contribution < -0.4 is 0 Å². The van der Waals surface area contributed by atoms with E-state index in [1.54, 1.807) is 0 Å². The van der Waals surface area contributed by atoms with Crippen molar-refractivity contribution in [2.24, 2.45) is 0 Å². The van der Waals surface area contributed by atoms with Gasteiger partial charge in [-0.2, -0.15) is 0 Å². The Kier molecular flexibility index (Phi) is 2.53. The van der Waals surface area contributed by atoms with Crippen LogP contribution in [0.1, 0.15) is 24.3 Å². The number of hydrogen-bond donors (Lipinski definition) is 0. The van der Waals surface area contributed by atoms with Crippen molar-refractivity contribution in [3.05, 3.63) is 35.9 Å². The van der Waals surface area contributed by atoms with Crippen molar-refractivity contribution in [1.29, 1.82) is 0 Å². The molecule has 2 rings (SSSR count). The van der Waals surface area contributed by atoms with Crippen molar-refractivity contribution in [3.8, 4) is 0 Å². The standard InChI is InChI=1S/C12H15NO/c1-13-8-7-11(9-12(13)14)10-5-3-2-4-6-10/h2-6,11H,7-9H2,1H3. The van der Waals surface area contributed by atoms with Gasteiger partial charge in [0.2, 0.25) is 5.91 Å². The van der Waals surface area contributed by atoms with Crippen molar-refractivity contribution in [2.45, 2.75) is 18.8 Å². The van der Waals surface area contributed by atoms with E-state index in [2.05, 4.69) is 12.1 Å². The van der Waals surface area contributed by atoms with Crippen LogP contribution >= 0.6 is 0 Å². The molecular formula is C12H15NO. The van der Waals surface area contributed by atoms with E-state index in [9.17, 15) is 4.79 Å². The lowest BCUT2D eigenvalue weighted by atomic mass is 9.89. The fraction of sp³-hybridized carbons (Fsp3) is 0.417. The van der Waals surface area contributed by atoms with Crippen LogP contribution in [0.15, 0.2) is 30.3 Å². The molecule has 1 saturated heterocycles. The predicted molar refractivity (Wildman–Crippen MR) is 56.1 cm³/mol. The number of likely N-dealkylation sites (tertiary alicyclic amines) is 1. The number of carbonyl (C=O) groups excluding carboxylic acids is 1. The van der Waals surface area contributed by atoms with Crippen LogP contribution in [0.3, 0.4) is 0 Å². The summed E-state index contributed by atoms with van der Waals surface area (Å²) in [6, 6.07) is 10.3. The third-order valence-corrected chi connectivity index (χ3v) is 2.93. The summed E-state index contributed by atoms with van der Waals surface area (Å²) in [6.45, 7) is 0.887. The molecule has 0 bridgehead atoms. The lowest BCUT2D eigenvalue weighted by Gasteiger charge is -2.28. The van der Waals surface area contributed by atoms with Crippen molar-refractivity contribution in [1.82, 2.24) is 4.90 Å². The summed E-state index contributed by atoms with van der Waals surface area (Å²) < 4.78 is 0. The average molecular weight is 189 g/mol. The SMILES string of the molecule is CN1CCC(c2ccccc2)CC1=O. The molecule has 1 aliphatic heterocycles. The van der Waals surface area contributed by atoms with Crippen molar-refractivity contribution >= 4 is 5.91 Å². The first kappa shape index (κ1) is 9.25. The molecule has 1 unspecified atom stereocenters. The van der Waals surface area contributed by atoms with Gasteiger partial charge in [-0.05, 0) is 17.9 Å². The minimum Gasteiger partial charge on any atom is -0.346 e. The van der Waals surface area contributed by atoms with Crippen molar-refractivity contribution < 1.29 is 4.79 Å². The van der Waals surface area contributed by atoms with Crippen LogP contribution in [0.2, 0.25) is 0 Å². The van der Waals surface area contributed by atoms with E-state index in [-0.39, 0.29) is 5.91 Å². The minimum absolute atomic E-state index is 0.269. The Labute approximate surface area is 84.5 Å². The minimum atomic E-state index is 0.269. The molecule has 1 aliphatic rings. The van der Waals surface area contributed by atoms with E-state index >= 15 is 0 Å². The molecule has 14 heavy (non-hydrogen) atoms. The maximum absolute atomic E-state index is 11.5. The molecule has 0 radical (unpaired) electrons. The van der Waals surface area contributed by atoms with E-state index in [0.717, 1.165) is 13.0 Å². The van der Waals surface area contributed by atoms with Gasteiger partial charge in [-0.15, -0.1) is 0 Å². The lowest BCUT2D eigenvalue weighted by molar-refractivity contribution is -0.132. The summed E-state index contributed by atoms with van der Waals surface area (Å²) in [5.41, 5.74) is 1.30. The van der Waals surface area contributed by atoms with Gasteiger partial charge in [0.1, 0.15) is 0 Å². The van der Waals surface area contributed by atoms with Crippen LogP contribution in [0, 0.1) is 0 Å². The lowest BCUT2D eigenvalue weighted by Crippen LogP contribution is -2.34. The zero-order valence-electron chi connectivity index (χ0n) is 8.44. The van der Waals surface area contributed by atoms with Crippen molar-refractivity contribution in [2.75, 3.05) is 13.6 Å². The number of hydrogen-bond acceptors (Lipinski definition) is 1. The number of rotatable bonds is 1. The second-order valence-corrected chi connectivity index (χ2v) is 3.92. The second-order valence-electron chi connectivity index (χ2n) is 3.92. The maximum Gasteiger partial charge on any atom is 0.222 e. The summed E-state index contributed by atoms with van der Waals surface area (Å²) >= 11 is 0. The third kappa shape index (κ3) is 1.79.